The first-order valence-corrected chi connectivity index (χ1v) is 11.6. The van der Waals surface area contributed by atoms with Gasteiger partial charge in [0.1, 0.15) is 12.4 Å². The van der Waals surface area contributed by atoms with Crippen LogP contribution in [0.4, 0.5) is 16.6 Å². The Hall–Kier alpha value is -3.50. The van der Waals surface area contributed by atoms with Crippen molar-refractivity contribution in [3.8, 4) is 11.1 Å². The Bertz CT molecular complexity index is 1280. The van der Waals surface area contributed by atoms with E-state index in [1.807, 2.05) is 36.2 Å². The Balaban J connectivity index is 1.29. The number of pyridine rings is 1. The molecule has 1 aliphatic rings. The molecule has 170 valence electrons. The summed E-state index contributed by atoms with van der Waals surface area (Å²) in [4.78, 5) is 25.3. The Labute approximate surface area is 195 Å². The summed E-state index contributed by atoms with van der Waals surface area (Å²) >= 11 is 1.60. The van der Waals surface area contributed by atoms with Crippen molar-refractivity contribution in [3.05, 3.63) is 48.4 Å². The fourth-order valence-corrected chi connectivity index (χ4v) is 4.92. The smallest absolute Gasteiger partial charge is 0.248 e. The average molecular weight is 464 g/mol. The zero-order valence-electron chi connectivity index (χ0n) is 18.5. The van der Waals surface area contributed by atoms with Gasteiger partial charge in [0.05, 0.1) is 16.4 Å². The zero-order valence-corrected chi connectivity index (χ0v) is 19.4. The number of amides is 1. The van der Waals surface area contributed by atoms with Crippen LogP contribution in [-0.2, 0) is 9.53 Å². The van der Waals surface area contributed by atoms with Gasteiger partial charge in [-0.2, -0.15) is 5.10 Å². The maximum Gasteiger partial charge on any atom is 0.248 e. The minimum atomic E-state index is 0.0381. The summed E-state index contributed by atoms with van der Waals surface area (Å²) in [5.41, 5.74) is 5.28. The van der Waals surface area contributed by atoms with Crippen molar-refractivity contribution < 1.29 is 9.53 Å². The highest BCUT2D eigenvalue weighted by molar-refractivity contribution is 7.22. The first-order chi connectivity index (χ1) is 16.1. The van der Waals surface area contributed by atoms with Crippen LogP contribution >= 0.6 is 11.3 Å². The maximum atomic E-state index is 12.0. The summed E-state index contributed by atoms with van der Waals surface area (Å²) in [5.74, 6) is 0.784. The summed E-state index contributed by atoms with van der Waals surface area (Å²) in [6.45, 7) is 5.07. The Morgan fingerprint density at radius 2 is 2.06 bits per heavy atom. The number of carbonyl (C=O) groups excluding carboxylic acids is 1. The van der Waals surface area contributed by atoms with E-state index in [0.29, 0.717) is 13.1 Å². The lowest BCUT2D eigenvalue weighted by atomic mass is 10.1. The first-order valence-electron chi connectivity index (χ1n) is 10.8. The van der Waals surface area contributed by atoms with Gasteiger partial charge >= 0.3 is 0 Å². The SMILES string of the molecule is COCC(=O)N1CCN(c2ccnc(Nc3nc4ccc(-c5cn[nH]c5C)cc4s3)c2)CC1. The Morgan fingerprint density at radius 3 is 2.82 bits per heavy atom. The summed E-state index contributed by atoms with van der Waals surface area (Å²) in [5, 5.41) is 11.3. The van der Waals surface area contributed by atoms with Crippen molar-refractivity contribution in [2.24, 2.45) is 0 Å². The molecule has 3 aromatic heterocycles. The molecule has 1 aliphatic heterocycles. The molecule has 0 saturated carbocycles. The molecule has 0 aliphatic carbocycles. The lowest BCUT2D eigenvalue weighted by molar-refractivity contribution is -0.135. The molecule has 9 nitrogen and oxygen atoms in total. The van der Waals surface area contributed by atoms with Gasteiger partial charge in [0.15, 0.2) is 5.13 Å². The highest BCUT2D eigenvalue weighted by Crippen LogP contribution is 2.32. The number of thiazole rings is 1. The number of H-pyrrole nitrogens is 1. The van der Waals surface area contributed by atoms with Crippen molar-refractivity contribution in [3.63, 3.8) is 0 Å². The minimum absolute atomic E-state index is 0.0381. The summed E-state index contributed by atoms with van der Waals surface area (Å²) in [6, 6.07) is 10.3. The van der Waals surface area contributed by atoms with Gasteiger partial charge in [-0.3, -0.25) is 9.89 Å². The van der Waals surface area contributed by atoms with Gasteiger partial charge in [0.25, 0.3) is 0 Å². The molecule has 1 fully saturated rings. The second kappa shape index (κ2) is 9.16. The molecule has 0 atom stereocenters. The van der Waals surface area contributed by atoms with Gasteiger partial charge in [0.2, 0.25) is 5.91 Å². The number of anilines is 3. The molecule has 1 amide bonds. The summed E-state index contributed by atoms with van der Waals surface area (Å²) in [6.07, 6.45) is 3.65. The molecule has 33 heavy (non-hydrogen) atoms. The fraction of sp³-hybridized carbons (Fsp3) is 0.304. The van der Waals surface area contributed by atoms with Crippen LogP contribution in [0.3, 0.4) is 0 Å². The third-order valence-corrected chi connectivity index (χ3v) is 6.71. The van der Waals surface area contributed by atoms with E-state index >= 15 is 0 Å². The third kappa shape index (κ3) is 4.53. The monoisotopic (exact) mass is 463 g/mol. The summed E-state index contributed by atoms with van der Waals surface area (Å²) in [7, 11) is 1.55. The van der Waals surface area contributed by atoms with E-state index in [4.69, 9.17) is 9.72 Å². The molecule has 1 saturated heterocycles. The van der Waals surface area contributed by atoms with Gasteiger partial charge in [-0.1, -0.05) is 17.4 Å². The largest absolute Gasteiger partial charge is 0.375 e. The van der Waals surface area contributed by atoms with E-state index in [9.17, 15) is 4.79 Å². The van der Waals surface area contributed by atoms with Crippen molar-refractivity contribution in [2.75, 3.05) is 50.1 Å². The molecular formula is C23H25N7O2S. The number of carbonyl (C=O) groups is 1. The number of hydrogen-bond acceptors (Lipinski definition) is 8. The van der Waals surface area contributed by atoms with Crippen molar-refractivity contribution in [1.82, 2.24) is 25.1 Å². The number of ether oxygens (including phenoxy) is 1. The molecule has 4 aromatic rings. The van der Waals surface area contributed by atoms with Crippen LogP contribution in [0.1, 0.15) is 5.69 Å². The number of benzene rings is 1. The normalized spacial score (nSPS) is 14.1. The Kier molecular flexibility index (Phi) is 5.93. The predicted molar refractivity (Wildman–Crippen MR) is 130 cm³/mol. The van der Waals surface area contributed by atoms with Crippen molar-refractivity contribution in [2.45, 2.75) is 6.92 Å². The molecule has 0 unspecified atom stereocenters. The number of hydrogen-bond donors (Lipinski definition) is 2. The molecule has 0 radical (unpaired) electrons. The minimum Gasteiger partial charge on any atom is -0.375 e. The number of piperazine rings is 1. The molecular weight excluding hydrogens is 438 g/mol. The van der Waals surface area contributed by atoms with E-state index in [-0.39, 0.29) is 12.5 Å². The topological polar surface area (TPSA) is 99.3 Å². The van der Waals surface area contributed by atoms with Crippen molar-refractivity contribution in [1.29, 1.82) is 0 Å². The van der Waals surface area contributed by atoms with Crippen LogP contribution < -0.4 is 10.2 Å². The lowest BCUT2D eigenvalue weighted by Gasteiger charge is -2.36. The quantitative estimate of drug-likeness (QED) is 0.452. The number of methoxy groups -OCH3 is 1. The number of fused-ring (bicyclic) bond motifs is 1. The van der Waals surface area contributed by atoms with Crippen LogP contribution in [-0.4, -0.2) is 70.9 Å². The fourth-order valence-electron chi connectivity index (χ4n) is 4.01. The summed E-state index contributed by atoms with van der Waals surface area (Å²) < 4.78 is 6.06. The van der Waals surface area contributed by atoms with Crippen LogP contribution in [0.15, 0.2) is 42.7 Å². The van der Waals surface area contributed by atoms with Crippen LogP contribution in [0.5, 0.6) is 0 Å². The van der Waals surface area contributed by atoms with E-state index in [1.54, 1.807) is 24.6 Å². The predicted octanol–water partition coefficient (Wildman–Crippen LogP) is 3.43. The highest BCUT2D eigenvalue weighted by Gasteiger charge is 2.21. The molecule has 4 heterocycles. The first kappa shape index (κ1) is 21.4. The van der Waals surface area contributed by atoms with Gasteiger partial charge < -0.3 is 19.9 Å². The molecule has 10 heteroatoms. The number of nitrogens with one attached hydrogen (secondary N) is 2. The van der Waals surface area contributed by atoms with Crippen LogP contribution in [0, 0.1) is 6.92 Å². The number of aromatic nitrogens is 4. The van der Waals surface area contributed by atoms with E-state index < -0.39 is 0 Å². The van der Waals surface area contributed by atoms with Gasteiger partial charge in [-0.05, 0) is 30.7 Å². The number of aryl methyl sites for hydroxylation is 1. The van der Waals surface area contributed by atoms with Gasteiger partial charge in [-0.15, -0.1) is 0 Å². The van der Waals surface area contributed by atoms with Gasteiger partial charge in [0, 0.05) is 62.5 Å². The number of rotatable bonds is 6. The third-order valence-electron chi connectivity index (χ3n) is 5.77. The highest BCUT2D eigenvalue weighted by atomic mass is 32.1. The van der Waals surface area contributed by atoms with Crippen LogP contribution in [0.2, 0.25) is 0 Å². The maximum absolute atomic E-state index is 12.0. The van der Waals surface area contributed by atoms with E-state index in [0.717, 1.165) is 56.8 Å². The van der Waals surface area contributed by atoms with Crippen molar-refractivity contribution >= 4 is 44.1 Å². The lowest BCUT2D eigenvalue weighted by Crippen LogP contribution is -2.49. The second-order valence-corrected chi connectivity index (χ2v) is 8.97. The van der Waals surface area contributed by atoms with Crippen LogP contribution in [0.25, 0.3) is 21.3 Å². The molecule has 5 rings (SSSR count). The standard InChI is InChI=1S/C23H25N7O2S/c1-15-18(13-25-28-15)16-3-4-19-20(11-16)33-23(26-19)27-21-12-17(5-6-24-21)29-7-9-30(10-8-29)22(31)14-32-2/h3-6,11-13H,7-10,14H2,1-2H3,(H,25,28)(H,24,26,27). The van der Waals surface area contributed by atoms with Gasteiger partial charge in [-0.25, -0.2) is 9.97 Å². The van der Waals surface area contributed by atoms with E-state index in [1.165, 1.54) is 0 Å². The second-order valence-electron chi connectivity index (χ2n) is 7.94. The zero-order chi connectivity index (χ0) is 22.8. The average Bonchev–Trinajstić information content (AvgIpc) is 3.44. The molecule has 2 N–H and O–H groups in total. The number of aromatic amines is 1. The molecule has 1 aromatic carbocycles. The van der Waals surface area contributed by atoms with E-state index in [2.05, 4.69) is 37.5 Å². The Morgan fingerprint density at radius 1 is 1.21 bits per heavy atom. The number of nitrogens with zero attached hydrogens (tertiary/aromatic N) is 5. The molecule has 0 spiro atoms. The molecule has 0 bridgehead atoms.